The summed E-state index contributed by atoms with van der Waals surface area (Å²) in [6.45, 7) is 0. The minimum absolute atomic E-state index is 0.752. The van der Waals surface area contributed by atoms with Crippen LogP contribution in [-0.2, 0) is 0 Å². The van der Waals surface area contributed by atoms with E-state index in [1.807, 2.05) is 54.6 Å². The highest BCUT2D eigenvalue weighted by molar-refractivity contribution is 9.10. The van der Waals surface area contributed by atoms with Gasteiger partial charge < -0.3 is 11.1 Å². The molecule has 0 fully saturated rings. The van der Waals surface area contributed by atoms with Crippen LogP contribution in [0.3, 0.4) is 0 Å². The highest BCUT2D eigenvalue weighted by Gasteiger charge is 2.00. The summed E-state index contributed by atoms with van der Waals surface area (Å²) in [6.07, 6.45) is 0. The molecule has 1 aromatic heterocycles. The Morgan fingerprint density at radius 1 is 1.00 bits per heavy atom. The maximum Gasteiger partial charge on any atom is 0.131 e. The number of aromatic nitrogens is 1. The van der Waals surface area contributed by atoms with E-state index in [-0.39, 0.29) is 0 Å². The zero-order chi connectivity index (χ0) is 13.2. The van der Waals surface area contributed by atoms with E-state index in [4.69, 9.17) is 5.73 Å². The number of nitrogen functional groups attached to an aromatic ring is 1. The second-order valence-electron chi connectivity index (χ2n) is 4.28. The lowest BCUT2D eigenvalue weighted by atomic mass is 10.2. The summed E-state index contributed by atoms with van der Waals surface area (Å²) in [5.41, 5.74) is 8.43. The number of fused-ring (bicyclic) bond motifs is 1. The van der Waals surface area contributed by atoms with Crippen LogP contribution in [0, 0.1) is 0 Å². The SMILES string of the molecule is Nc1ccc2nc(Nc3cccc(Br)c3)ccc2c1. The van der Waals surface area contributed by atoms with Gasteiger partial charge in [0.1, 0.15) is 5.82 Å². The molecule has 4 heteroatoms. The molecule has 0 saturated heterocycles. The summed E-state index contributed by atoms with van der Waals surface area (Å²) >= 11 is 3.45. The lowest BCUT2D eigenvalue weighted by molar-refractivity contribution is 1.37. The fraction of sp³-hybridized carbons (Fsp3) is 0. The maximum atomic E-state index is 5.75. The Labute approximate surface area is 119 Å². The molecule has 0 atom stereocenters. The van der Waals surface area contributed by atoms with Gasteiger partial charge in [-0.1, -0.05) is 22.0 Å². The number of anilines is 3. The van der Waals surface area contributed by atoms with E-state index in [9.17, 15) is 0 Å². The van der Waals surface area contributed by atoms with Crippen molar-refractivity contribution >= 4 is 44.0 Å². The fourth-order valence-electron chi connectivity index (χ4n) is 1.93. The third kappa shape index (κ3) is 2.69. The molecule has 0 aliphatic rings. The van der Waals surface area contributed by atoms with Gasteiger partial charge in [-0.15, -0.1) is 0 Å². The van der Waals surface area contributed by atoms with Crippen molar-refractivity contribution in [3.63, 3.8) is 0 Å². The first-order valence-electron chi connectivity index (χ1n) is 5.89. The third-order valence-corrected chi connectivity index (χ3v) is 3.30. The van der Waals surface area contributed by atoms with E-state index >= 15 is 0 Å². The number of rotatable bonds is 2. The van der Waals surface area contributed by atoms with Gasteiger partial charge in [-0.25, -0.2) is 4.98 Å². The molecule has 0 amide bonds. The first-order chi connectivity index (χ1) is 9.20. The molecule has 94 valence electrons. The van der Waals surface area contributed by atoms with Crippen LogP contribution in [0.1, 0.15) is 0 Å². The molecule has 0 aliphatic heterocycles. The monoisotopic (exact) mass is 313 g/mol. The third-order valence-electron chi connectivity index (χ3n) is 2.81. The standard InChI is InChI=1S/C15H12BrN3/c16-11-2-1-3-13(9-11)18-15-7-4-10-8-12(17)5-6-14(10)19-15/h1-9H,17H2,(H,18,19). The van der Waals surface area contributed by atoms with Crippen molar-refractivity contribution in [2.24, 2.45) is 0 Å². The van der Waals surface area contributed by atoms with E-state index in [2.05, 4.69) is 26.2 Å². The molecule has 0 spiro atoms. The second kappa shape index (κ2) is 4.90. The van der Waals surface area contributed by atoms with E-state index in [0.29, 0.717) is 0 Å². The van der Waals surface area contributed by atoms with Crippen LogP contribution in [0.25, 0.3) is 10.9 Å². The van der Waals surface area contributed by atoms with Crippen LogP contribution >= 0.6 is 15.9 Å². The lowest BCUT2D eigenvalue weighted by Crippen LogP contribution is -1.94. The molecule has 3 N–H and O–H groups in total. The highest BCUT2D eigenvalue weighted by atomic mass is 79.9. The van der Waals surface area contributed by atoms with Gasteiger partial charge in [0.25, 0.3) is 0 Å². The summed E-state index contributed by atoms with van der Waals surface area (Å²) in [6, 6.07) is 17.6. The van der Waals surface area contributed by atoms with Crippen molar-refractivity contribution in [2.45, 2.75) is 0 Å². The van der Waals surface area contributed by atoms with Gasteiger partial charge in [0.2, 0.25) is 0 Å². The molecule has 1 heterocycles. The number of nitrogens with one attached hydrogen (secondary N) is 1. The molecule has 0 saturated carbocycles. The van der Waals surface area contributed by atoms with E-state index in [1.54, 1.807) is 0 Å². The molecule has 0 bridgehead atoms. The van der Waals surface area contributed by atoms with Gasteiger partial charge in [-0.2, -0.15) is 0 Å². The smallest absolute Gasteiger partial charge is 0.131 e. The Bertz CT molecular complexity index is 740. The zero-order valence-corrected chi connectivity index (χ0v) is 11.7. The fourth-order valence-corrected chi connectivity index (χ4v) is 2.33. The molecule has 0 aliphatic carbocycles. The molecule has 0 radical (unpaired) electrons. The van der Waals surface area contributed by atoms with Crippen LogP contribution in [0.15, 0.2) is 59.1 Å². The topological polar surface area (TPSA) is 50.9 Å². The van der Waals surface area contributed by atoms with Crippen LogP contribution in [0.4, 0.5) is 17.2 Å². The molecule has 3 rings (SSSR count). The largest absolute Gasteiger partial charge is 0.399 e. The van der Waals surface area contributed by atoms with Crippen LogP contribution in [0.2, 0.25) is 0 Å². The average molecular weight is 314 g/mol. The Hall–Kier alpha value is -2.07. The van der Waals surface area contributed by atoms with Gasteiger partial charge in [0.05, 0.1) is 5.52 Å². The Morgan fingerprint density at radius 3 is 2.74 bits per heavy atom. The van der Waals surface area contributed by atoms with E-state index in [1.165, 1.54) is 0 Å². The van der Waals surface area contributed by atoms with Crippen LogP contribution in [0.5, 0.6) is 0 Å². The lowest BCUT2D eigenvalue weighted by Gasteiger charge is -2.07. The van der Waals surface area contributed by atoms with E-state index in [0.717, 1.165) is 32.6 Å². The number of nitrogens with two attached hydrogens (primary N) is 1. The summed E-state index contributed by atoms with van der Waals surface area (Å²) in [7, 11) is 0. The maximum absolute atomic E-state index is 5.75. The summed E-state index contributed by atoms with van der Waals surface area (Å²) < 4.78 is 1.03. The minimum atomic E-state index is 0.752. The number of halogens is 1. The quantitative estimate of drug-likeness (QED) is 0.693. The second-order valence-corrected chi connectivity index (χ2v) is 5.20. The molecule has 0 unspecified atom stereocenters. The van der Waals surface area contributed by atoms with Crippen molar-refractivity contribution in [1.82, 2.24) is 4.98 Å². The normalized spacial score (nSPS) is 10.6. The zero-order valence-electron chi connectivity index (χ0n) is 10.1. The summed E-state index contributed by atoms with van der Waals surface area (Å²) in [4.78, 5) is 4.56. The Balaban J connectivity index is 1.95. The number of nitrogens with zero attached hydrogens (tertiary/aromatic N) is 1. The minimum Gasteiger partial charge on any atom is -0.399 e. The number of hydrogen-bond acceptors (Lipinski definition) is 3. The van der Waals surface area contributed by atoms with Gasteiger partial charge in [-0.05, 0) is 48.5 Å². The number of pyridine rings is 1. The first-order valence-corrected chi connectivity index (χ1v) is 6.69. The van der Waals surface area contributed by atoms with Gasteiger partial charge >= 0.3 is 0 Å². The highest BCUT2D eigenvalue weighted by Crippen LogP contribution is 2.22. The Kier molecular flexibility index (Phi) is 3.09. The van der Waals surface area contributed by atoms with E-state index < -0.39 is 0 Å². The Morgan fingerprint density at radius 2 is 1.89 bits per heavy atom. The predicted octanol–water partition coefficient (Wildman–Crippen LogP) is 4.32. The molecule has 2 aromatic carbocycles. The van der Waals surface area contributed by atoms with Gasteiger partial charge in [-0.3, -0.25) is 0 Å². The molecule has 3 aromatic rings. The van der Waals surface area contributed by atoms with Crippen LogP contribution in [-0.4, -0.2) is 4.98 Å². The molecule has 3 nitrogen and oxygen atoms in total. The molecule has 19 heavy (non-hydrogen) atoms. The molecular weight excluding hydrogens is 302 g/mol. The average Bonchev–Trinajstić information content (AvgIpc) is 2.39. The van der Waals surface area contributed by atoms with Crippen molar-refractivity contribution in [2.75, 3.05) is 11.1 Å². The number of hydrogen-bond donors (Lipinski definition) is 2. The number of benzene rings is 2. The summed E-state index contributed by atoms with van der Waals surface area (Å²) in [5.74, 6) is 0.815. The van der Waals surface area contributed by atoms with Crippen molar-refractivity contribution < 1.29 is 0 Å². The van der Waals surface area contributed by atoms with Crippen molar-refractivity contribution in [3.05, 3.63) is 59.1 Å². The predicted molar refractivity (Wildman–Crippen MR) is 83.6 cm³/mol. The summed E-state index contributed by atoms with van der Waals surface area (Å²) in [5, 5.41) is 4.32. The van der Waals surface area contributed by atoms with Gasteiger partial charge in [0, 0.05) is 21.2 Å². The van der Waals surface area contributed by atoms with Crippen molar-refractivity contribution in [1.29, 1.82) is 0 Å². The van der Waals surface area contributed by atoms with Crippen LogP contribution < -0.4 is 11.1 Å². The van der Waals surface area contributed by atoms with Gasteiger partial charge in [0.15, 0.2) is 0 Å². The first kappa shape index (κ1) is 12.0. The molecular formula is C15H12BrN3. The van der Waals surface area contributed by atoms with Crippen molar-refractivity contribution in [3.8, 4) is 0 Å².